The van der Waals surface area contributed by atoms with Gasteiger partial charge in [-0.2, -0.15) is 5.26 Å². The SMILES string of the molecule is N#CC(F)c1cccc([N+](=O)[O-])c1[N+](=O)[O-]. The minimum absolute atomic E-state index is 0.610. The number of halogens is 1. The molecule has 0 N–H and O–H groups in total. The standard InChI is InChI=1S/C8H4FN3O4/c9-6(4-10)5-2-1-3-7(11(13)14)8(5)12(15)16/h1-3,6H. The molecule has 0 bridgehead atoms. The van der Waals surface area contributed by atoms with E-state index in [0.29, 0.717) is 0 Å². The molecule has 0 saturated carbocycles. The van der Waals surface area contributed by atoms with E-state index in [1.165, 1.54) is 0 Å². The minimum Gasteiger partial charge on any atom is -0.258 e. The highest BCUT2D eigenvalue weighted by Gasteiger charge is 2.31. The number of nitro benzene ring substituents is 2. The Bertz CT molecular complexity index is 497. The predicted molar refractivity (Wildman–Crippen MR) is 49.2 cm³/mol. The van der Waals surface area contributed by atoms with Crippen molar-refractivity contribution in [3.05, 3.63) is 44.0 Å². The van der Waals surface area contributed by atoms with E-state index in [1.54, 1.807) is 0 Å². The Morgan fingerprint density at radius 1 is 1.31 bits per heavy atom. The van der Waals surface area contributed by atoms with Crippen LogP contribution in [0.15, 0.2) is 18.2 Å². The summed E-state index contributed by atoms with van der Waals surface area (Å²) < 4.78 is 13.0. The van der Waals surface area contributed by atoms with Crippen molar-refractivity contribution in [2.75, 3.05) is 0 Å². The number of para-hydroxylation sites is 1. The first-order valence-corrected chi connectivity index (χ1v) is 3.94. The average molecular weight is 225 g/mol. The largest absolute Gasteiger partial charge is 0.353 e. The van der Waals surface area contributed by atoms with Crippen molar-refractivity contribution < 1.29 is 14.2 Å². The first-order valence-electron chi connectivity index (χ1n) is 3.94. The zero-order valence-corrected chi connectivity index (χ0v) is 7.66. The van der Waals surface area contributed by atoms with Gasteiger partial charge in [-0.15, -0.1) is 0 Å². The van der Waals surface area contributed by atoms with Gasteiger partial charge in [0, 0.05) is 6.07 Å². The average Bonchev–Trinajstić information content (AvgIpc) is 2.26. The zero-order chi connectivity index (χ0) is 12.3. The third-order valence-electron chi connectivity index (χ3n) is 1.81. The van der Waals surface area contributed by atoms with Crippen molar-refractivity contribution in [3.63, 3.8) is 0 Å². The molecule has 0 radical (unpaired) electrons. The van der Waals surface area contributed by atoms with Crippen molar-refractivity contribution in [1.29, 1.82) is 5.26 Å². The fourth-order valence-corrected chi connectivity index (χ4v) is 1.17. The van der Waals surface area contributed by atoms with Crippen molar-refractivity contribution >= 4 is 11.4 Å². The molecule has 0 fully saturated rings. The van der Waals surface area contributed by atoms with Crippen molar-refractivity contribution in [3.8, 4) is 6.07 Å². The second kappa shape index (κ2) is 4.31. The molecule has 16 heavy (non-hydrogen) atoms. The lowest BCUT2D eigenvalue weighted by Crippen LogP contribution is -2.02. The van der Waals surface area contributed by atoms with Crippen LogP contribution in [0.4, 0.5) is 15.8 Å². The van der Waals surface area contributed by atoms with E-state index in [4.69, 9.17) is 5.26 Å². The van der Waals surface area contributed by atoms with Gasteiger partial charge < -0.3 is 0 Å². The van der Waals surface area contributed by atoms with E-state index in [-0.39, 0.29) is 0 Å². The Morgan fingerprint density at radius 3 is 2.38 bits per heavy atom. The Morgan fingerprint density at radius 2 is 1.94 bits per heavy atom. The molecule has 1 aromatic rings. The molecular weight excluding hydrogens is 221 g/mol. The first kappa shape index (κ1) is 11.5. The second-order valence-electron chi connectivity index (χ2n) is 2.72. The number of hydrogen-bond acceptors (Lipinski definition) is 5. The van der Waals surface area contributed by atoms with E-state index in [9.17, 15) is 24.6 Å². The Labute approximate surface area is 88.0 Å². The Balaban J connectivity index is 3.52. The lowest BCUT2D eigenvalue weighted by molar-refractivity contribution is -0.423. The van der Waals surface area contributed by atoms with E-state index < -0.39 is 33.0 Å². The number of nitro groups is 2. The molecule has 7 nitrogen and oxygen atoms in total. The minimum atomic E-state index is -2.26. The lowest BCUT2D eigenvalue weighted by atomic mass is 10.1. The molecule has 1 unspecified atom stereocenters. The van der Waals surface area contributed by atoms with Crippen LogP contribution in [0.3, 0.4) is 0 Å². The molecule has 0 amide bonds. The van der Waals surface area contributed by atoms with Gasteiger partial charge in [0.2, 0.25) is 6.17 Å². The molecule has 8 heteroatoms. The van der Waals surface area contributed by atoms with Crippen LogP contribution < -0.4 is 0 Å². The highest BCUT2D eigenvalue weighted by Crippen LogP contribution is 2.35. The van der Waals surface area contributed by atoms with Crippen molar-refractivity contribution in [2.24, 2.45) is 0 Å². The second-order valence-corrected chi connectivity index (χ2v) is 2.72. The molecule has 0 saturated heterocycles. The summed E-state index contributed by atoms with van der Waals surface area (Å²) >= 11 is 0. The van der Waals surface area contributed by atoms with E-state index in [0.717, 1.165) is 24.3 Å². The zero-order valence-electron chi connectivity index (χ0n) is 7.66. The fraction of sp³-hybridized carbons (Fsp3) is 0.125. The summed E-state index contributed by atoms with van der Waals surface area (Å²) in [7, 11) is 0. The molecule has 0 aliphatic carbocycles. The molecule has 0 heterocycles. The maximum Gasteiger partial charge on any atom is 0.353 e. The third kappa shape index (κ3) is 1.93. The maximum atomic E-state index is 13.0. The fourth-order valence-electron chi connectivity index (χ4n) is 1.17. The van der Waals surface area contributed by atoms with Gasteiger partial charge >= 0.3 is 11.4 Å². The summed E-state index contributed by atoms with van der Waals surface area (Å²) in [5, 5.41) is 29.4. The van der Waals surface area contributed by atoms with Gasteiger partial charge in [-0.1, -0.05) is 6.07 Å². The summed E-state index contributed by atoms with van der Waals surface area (Å²) in [6.07, 6.45) is -2.26. The van der Waals surface area contributed by atoms with E-state index in [2.05, 4.69) is 0 Å². The summed E-state index contributed by atoms with van der Waals surface area (Å²) in [5.41, 5.74) is -2.43. The van der Waals surface area contributed by atoms with Crippen LogP contribution in [-0.4, -0.2) is 9.85 Å². The molecule has 0 aromatic heterocycles. The monoisotopic (exact) mass is 225 g/mol. The van der Waals surface area contributed by atoms with Crippen LogP contribution in [0.5, 0.6) is 0 Å². The van der Waals surface area contributed by atoms with Gasteiger partial charge in [-0.3, -0.25) is 20.2 Å². The topological polar surface area (TPSA) is 110 Å². The Hall–Kier alpha value is -2.56. The molecule has 0 aliphatic rings. The van der Waals surface area contributed by atoms with Gasteiger partial charge in [0.15, 0.2) is 0 Å². The summed E-state index contributed by atoms with van der Waals surface area (Å²) in [6, 6.07) is 4.09. The van der Waals surface area contributed by atoms with Gasteiger partial charge in [0.05, 0.1) is 15.4 Å². The maximum absolute atomic E-state index is 13.0. The summed E-state index contributed by atoms with van der Waals surface area (Å²) in [6.45, 7) is 0. The molecule has 1 atom stereocenters. The van der Waals surface area contributed by atoms with Crippen LogP contribution >= 0.6 is 0 Å². The molecule has 82 valence electrons. The smallest absolute Gasteiger partial charge is 0.258 e. The molecule has 1 aromatic carbocycles. The number of benzene rings is 1. The third-order valence-corrected chi connectivity index (χ3v) is 1.81. The van der Waals surface area contributed by atoms with Crippen molar-refractivity contribution in [2.45, 2.75) is 6.17 Å². The number of rotatable bonds is 3. The van der Waals surface area contributed by atoms with E-state index >= 15 is 0 Å². The van der Waals surface area contributed by atoms with Crippen LogP contribution in [0.2, 0.25) is 0 Å². The number of nitrogens with zero attached hydrogens (tertiary/aromatic N) is 3. The van der Waals surface area contributed by atoms with E-state index in [1.807, 2.05) is 0 Å². The summed E-state index contributed by atoms with van der Waals surface area (Å²) in [4.78, 5) is 19.0. The quantitative estimate of drug-likeness (QED) is 0.577. The number of alkyl halides is 1. The van der Waals surface area contributed by atoms with Gasteiger partial charge in [-0.05, 0) is 6.07 Å². The summed E-state index contributed by atoms with van der Waals surface area (Å²) in [5.74, 6) is 0. The number of hydrogen-bond donors (Lipinski definition) is 0. The first-order chi connectivity index (χ1) is 7.49. The normalized spacial score (nSPS) is 11.5. The molecule has 0 aliphatic heterocycles. The van der Waals surface area contributed by atoms with Crippen LogP contribution in [-0.2, 0) is 0 Å². The van der Waals surface area contributed by atoms with Crippen LogP contribution in [0.1, 0.15) is 11.7 Å². The number of nitriles is 1. The van der Waals surface area contributed by atoms with Gasteiger partial charge in [-0.25, -0.2) is 4.39 Å². The highest BCUT2D eigenvalue weighted by molar-refractivity contribution is 5.59. The molecule has 1 rings (SSSR count). The molecule has 0 spiro atoms. The lowest BCUT2D eigenvalue weighted by Gasteiger charge is -2.01. The highest BCUT2D eigenvalue weighted by atomic mass is 19.1. The predicted octanol–water partition coefficient (Wildman–Crippen LogP) is 2.04. The van der Waals surface area contributed by atoms with Crippen LogP contribution in [0, 0.1) is 31.6 Å². The van der Waals surface area contributed by atoms with Gasteiger partial charge in [0.1, 0.15) is 6.07 Å². The van der Waals surface area contributed by atoms with Gasteiger partial charge in [0.25, 0.3) is 0 Å². The van der Waals surface area contributed by atoms with Crippen LogP contribution in [0.25, 0.3) is 0 Å². The Kier molecular flexibility index (Phi) is 3.10. The van der Waals surface area contributed by atoms with Crippen molar-refractivity contribution in [1.82, 2.24) is 0 Å². The molecular formula is C8H4FN3O4.